The lowest BCUT2D eigenvalue weighted by molar-refractivity contribution is 0.126. The second-order valence-electron chi connectivity index (χ2n) is 7.01. The molecule has 4 rings (SSSR count). The van der Waals surface area contributed by atoms with Gasteiger partial charge in [0.2, 0.25) is 0 Å². The van der Waals surface area contributed by atoms with Gasteiger partial charge >= 0.3 is 6.09 Å². The molecule has 1 aliphatic heterocycles. The van der Waals surface area contributed by atoms with Crippen LogP contribution in [0.2, 0.25) is 5.02 Å². The summed E-state index contributed by atoms with van der Waals surface area (Å²) in [6, 6.07) is 25.0. The Hall–Kier alpha value is -2.98. The Kier molecular flexibility index (Phi) is 5.72. The van der Waals surface area contributed by atoms with E-state index in [1.165, 1.54) is 5.56 Å². The first-order chi connectivity index (χ1) is 14.2. The van der Waals surface area contributed by atoms with E-state index in [0.29, 0.717) is 5.02 Å². The number of aryl methyl sites for hydroxylation is 1. The molecule has 0 unspecified atom stereocenters. The van der Waals surface area contributed by atoms with Gasteiger partial charge in [-0.2, -0.15) is 0 Å². The molecule has 0 aromatic heterocycles. The van der Waals surface area contributed by atoms with Crippen molar-refractivity contribution in [3.63, 3.8) is 0 Å². The van der Waals surface area contributed by atoms with Gasteiger partial charge in [0.15, 0.2) is 0 Å². The Morgan fingerprint density at radius 3 is 2.48 bits per heavy atom. The van der Waals surface area contributed by atoms with Crippen LogP contribution in [-0.2, 0) is 11.2 Å². The van der Waals surface area contributed by atoms with Crippen LogP contribution in [-0.4, -0.2) is 19.3 Å². The average molecular weight is 408 g/mol. The predicted octanol–water partition coefficient (Wildman–Crippen LogP) is 6.05. The maximum absolute atomic E-state index is 12.9. The Bertz CT molecular complexity index is 975. The van der Waals surface area contributed by atoms with Crippen molar-refractivity contribution in [2.75, 3.05) is 12.0 Å². The Labute approximate surface area is 175 Å². The number of methoxy groups -OCH3 is 1. The first-order valence-corrected chi connectivity index (χ1v) is 9.97. The number of ether oxygens (including phenoxy) is 2. The number of cyclic esters (lactones) is 1. The van der Waals surface area contributed by atoms with Crippen LogP contribution in [0.1, 0.15) is 23.6 Å². The maximum atomic E-state index is 12.9. The molecule has 0 saturated carbocycles. The van der Waals surface area contributed by atoms with Gasteiger partial charge in [0.1, 0.15) is 17.9 Å². The van der Waals surface area contributed by atoms with Crippen molar-refractivity contribution >= 4 is 23.4 Å². The molecule has 1 saturated heterocycles. The average Bonchev–Trinajstić information content (AvgIpc) is 3.09. The normalized spacial score (nSPS) is 18.6. The van der Waals surface area contributed by atoms with Gasteiger partial charge < -0.3 is 9.47 Å². The third-order valence-corrected chi connectivity index (χ3v) is 5.43. The number of anilines is 1. The lowest BCUT2D eigenvalue weighted by Crippen LogP contribution is -2.29. The van der Waals surface area contributed by atoms with E-state index in [4.69, 9.17) is 21.1 Å². The summed E-state index contributed by atoms with van der Waals surface area (Å²) in [5, 5.41) is 0.625. The lowest BCUT2D eigenvalue weighted by Gasteiger charge is -2.25. The topological polar surface area (TPSA) is 38.8 Å². The van der Waals surface area contributed by atoms with E-state index >= 15 is 0 Å². The second kappa shape index (κ2) is 8.58. The Morgan fingerprint density at radius 1 is 1.00 bits per heavy atom. The number of nitrogens with zero attached hydrogens (tertiary/aromatic N) is 1. The van der Waals surface area contributed by atoms with Gasteiger partial charge in [0, 0.05) is 10.7 Å². The SMILES string of the molecule is COc1cccc([C@H]2[C@H](CCc3ccccc3)OC(=O)N2c2ccc(Cl)cc2)c1. The standard InChI is InChI=1S/C24H22ClNO3/c1-28-21-9-5-8-18(16-21)23-22(15-10-17-6-3-2-4-7-17)29-24(27)26(23)20-13-11-19(25)12-14-20/h2-9,11-14,16,22-23H,10,15H2,1H3/t22-,23-/m0/s1. The summed E-state index contributed by atoms with van der Waals surface area (Å²) >= 11 is 6.04. The van der Waals surface area contributed by atoms with Gasteiger partial charge in [-0.25, -0.2) is 4.79 Å². The molecule has 29 heavy (non-hydrogen) atoms. The molecule has 148 valence electrons. The number of hydrogen-bond acceptors (Lipinski definition) is 3. The monoisotopic (exact) mass is 407 g/mol. The quantitative estimate of drug-likeness (QED) is 0.499. The number of carbonyl (C=O) groups is 1. The molecule has 0 N–H and O–H groups in total. The van der Waals surface area contributed by atoms with Crippen molar-refractivity contribution in [3.8, 4) is 5.75 Å². The highest BCUT2D eigenvalue weighted by molar-refractivity contribution is 6.30. The molecule has 0 aliphatic carbocycles. The molecule has 0 radical (unpaired) electrons. The van der Waals surface area contributed by atoms with Gasteiger partial charge in [-0.3, -0.25) is 4.90 Å². The van der Waals surface area contributed by atoms with Gasteiger partial charge in [-0.1, -0.05) is 54.1 Å². The van der Waals surface area contributed by atoms with Crippen molar-refractivity contribution in [2.24, 2.45) is 0 Å². The summed E-state index contributed by atoms with van der Waals surface area (Å²) in [4.78, 5) is 14.6. The lowest BCUT2D eigenvalue weighted by atomic mass is 9.95. The van der Waals surface area contributed by atoms with Gasteiger partial charge in [-0.05, 0) is 60.4 Å². The highest BCUT2D eigenvalue weighted by Gasteiger charge is 2.43. The molecule has 5 heteroatoms. The Balaban J connectivity index is 1.67. The molecule has 1 fully saturated rings. The molecule has 0 bridgehead atoms. The fourth-order valence-electron chi connectivity index (χ4n) is 3.76. The number of amides is 1. The summed E-state index contributed by atoms with van der Waals surface area (Å²) < 4.78 is 11.2. The third-order valence-electron chi connectivity index (χ3n) is 5.18. The fraction of sp³-hybridized carbons (Fsp3) is 0.208. The summed E-state index contributed by atoms with van der Waals surface area (Å²) in [7, 11) is 1.64. The molecule has 4 nitrogen and oxygen atoms in total. The Morgan fingerprint density at radius 2 is 1.76 bits per heavy atom. The minimum atomic E-state index is -0.349. The van der Waals surface area contributed by atoms with E-state index in [-0.39, 0.29) is 18.2 Å². The second-order valence-corrected chi connectivity index (χ2v) is 7.45. The number of hydrogen-bond donors (Lipinski definition) is 0. The predicted molar refractivity (Wildman–Crippen MR) is 115 cm³/mol. The molecule has 1 amide bonds. The fourth-order valence-corrected chi connectivity index (χ4v) is 3.88. The maximum Gasteiger partial charge on any atom is 0.415 e. The number of benzene rings is 3. The molecule has 0 spiro atoms. The molecule has 3 aromatic rings. The van der Waals surface area contributed by atoms with Crippen LogP contribution in [0.5, 0.6) is 5.75 Å². The molecule has 2 atom stereocenters. The first kappa shape index (κ1) is 19.3. The van der Waals surface area contributed by atoms with Crippen LogP contribution in [0, 0.1) is 0 Å². The van der Waals surface area contributed by atoms with Crippen LogP contribution < -0.4 is 9.64 Å². The molecular weight excluding hydrogens is 386 g/mol. The van der Waals surface area contributed by atoms with Crippen molar-refractivity contribution in [1.29, 1.82) is 0 Å². The van der Waals surface area contributed by atoms with Crippen molar-refractivity contribution < 1.29 is 14.3 Å². The molecule has 1 aliphatic rings. The zero-order chi connectivity index (χ0) is 20.2. The first-order valence-electron chi connectivity index (χ1n) is 9.59. The van der Waals surface area contributed by atoms with Gasteiger partial charge in [0.05, 0.1) is 7.11 Å². The molecule has 3 aromatic carbocycles. The van der Waals surface area contributed by atoms with E-state index in [2.05, 4.69) is 12.1 Å². The van der Waals surface area contributed by atoms with E-state index in [1.54, 1.807) is 24.1 Å². The minimum absolute atomic E-state index is 0.248. The van der Waals surface area contributed by atoms with E-state index in [1.807, 2.05) is 54.6 Å². The zero-order valence-electron chi connectivity index (χ0n) is 16.1. The van der Waals surface area contributed by atoms with Crippen LogP contribution >= 0.6 is 11.6 Å². The van der Waals surface area contributed by atoms with Crippen LogP contribution in [0.25, 0.3) is 0 Å². The van der Waals surface area contributed by atoms with Crippen LogP contribution in [0.3, 0.4) is 0 Å². The summed E-state index contributed by atoms with van der Waals surface area (Å²) in [5.41, 5.74) is 2.95. The summed E-state index contributed by atoms with van der Waals surface area (Å²) in [5.74, 6) is 0.750. The molecular formula is C24H22ClNO3. The summed E-state index contributed by atoms with van der Waals surface area (Å²) in [6.45, 7) is 0. The van der Waals surface area contributed by atoms with Crippen molar-refractivity contribution in [1.82, 2.24) is 0 Å². The van der Waals surface area contributed by atoms with Gasteiger partial charge in [-0.15, -0.1) is 0 Å². The number of carbonyl (C=O) groups excluding carboxylic acids is 1. The largest absolute Gasteiger partial charge is 0.497 e. The van der Waals surface area contributed by atoms with Crippen LogP contribution in [0.15, 0.2) is 78.9 Å². The van der Waals surface area contributed by atoms with E-state index in [0.717, 1.165) is 29.8 Å². The van der Waals surface area contributed by atoms with Crippen molar-refractivity contribution in [2.45, 2.75) is 25.0 Å². The summed E-state index contributed by atoms with van der Waals surface area (Å²) in [6.07, 6.45) is 0.929. The third kappa shape index (κ3) is 4.22. The van der Waals surface area contributed by atoms with E-state index < -0.39 is 0 Å². The molecule has 1 heterocycles. The van der Waals surface area contributed by atoms with Crippen molar-refractivity contribution in [3.05, 3.63) is 95.0 Å². The number of rotatable bonds is 6. The zero-order valence-corrected chi connectivity index (χ0v) is 16.9. The van der Waals surface area contributed by atoms with Crippen LogP contribution in [0.4, 0.5) is 10.5 Å². The van der Waals surface area contributed by atoms with E-state index in [9.17, 15) is 4.79 Å². The van der Waals surface area contributed by atoms with Gasteiger partial charge in [0.25, 0.3) is 0 Å². The minimum Gasteiger partial charge on any atom is -0.497 e. The highest BCUT2D eigenvalue weighted by Crippen LogP contribution is 2.40. The highest BCUT2D eigenvalue weighted by atomic mass is 35.5. The smallest absolute Gasteiger partial charge is 0.415 e. The number of halogens is 1.